The smallest absolute Gasteiger partial charge is 0.371 e. The van der Waals surface area contributed by atoms with Crippen LogP contribution in [0.25, 0.3) is 10.2 Å². The number of benzene rings is 1. The summed E-state index contributed by atoms with van der Waals surface area (Å²) in [5.74, 6) is 0.950. The average molecular weight is 634 g/mol. The molecule has 0 saturated heterocycles. The molecule has 3 atom stereocenters. The molecule has 0 saturated carbocycles. The molecule has 0 fully saturated rings. The lowest BCUT2D eigenvalue weighted by Gasteiger charge is -2.36. The second-order valence-electron chi connectivity index (χ2n) is 7.64. The van der Waals surface area contributed by atoms with Crippen molar-refractivity contribution in [2.24, 2.45) is 0 Å². The Morgan fingerprint density at radius 2 is 1.38 bits per heavy atom. The van der Waals surface area contributed by atoms with E-state index in [1.807, 2.05) is 26.7 Å². The highest BCUT2D eigenvalue weighted by Gasteiger charge is 2.44. The second-order valence-corrected chi connectivity index (χ2v) is 22.7. The molecule has 0 bridgehead atoms. The van der Waals surface area contributed by atoms with Gasteiger partial charge in [-0.15, -0.1) is 11.3 Å². The fourth-order valence-electron chi connectivity index (χ4n) is 2.61. The summed E-state index contributed by atoms with van der Waals surface area (Å²) >= 11 is 1.75. The third-order valence-corrected chi connectivity index (χ3v) is 22.7. The number of hydrogen-bond donors (Lipinski definition) is 0. The standard InChI is InChI=1S/C21H35NO3S8Si/c1-7-16(4)23-34(24-17(5)8-2,25-18(6)9-3)15-14-26-29-31-33-32-30-28-21-22-19-12-10-11-13-20(19)27-21/h10-13,16-18H,7-9,14-15H2,1-6H3. The largest absolute Gasteiger partial charge is 0.502 e. The molecule has 13 heteroatoms. The summed E-state index contributed by atoms with van der Waals surface area (Å²) in [5.41, 5.74) is 1.08. The van der Waals surface area contributed by atoms with Gasteiger partial charge in [-0.25, -0.2) is 4.98 Å². The van der Waals surface area contributed by atoms with Crippen molar-refractivity contribution < 1.29 is 13.3 Å². The second kappa shape index (κ2) is 18.0. The van der Waals surface area contributed by atoms with Crippen molar-refractivity contribution in [1.82, 2.24) is 4.98 Å². The lowest BCUT2D eigenvalue weighted by atomic mass is 10.3. The number of rotatable bonds is 19. The molecule has 0 aliphatic carbocycles. The molecular weight excluding hydrogens is 599 g/mol. The van der Waals surface area contributed by atoms with E-state index in [1.165, 1.54) is 4.70 Å². The van der Waals surface area contributed by atoms with E-state index < -0.39 is 8.80 Å². The Kier molecular flexibility index (Phi) is 16.9. The minimum atomic E-state index is -2.75. The minimum absolute atomic E-state index is 0.142. The Hall–Kier alpha value is 1.66. The third-order valence-electron chi connectivity index (χ3n) is 4.90. The van der Waals surface area contributed by atoms with E-state index in [0.717, 1.165) is 40.9 Å². The molecule has 0 radical (unpaired) electrons. The average Bonchev–Trinajstić information content (AvgIpc) is 3.25. The highest BCUT2D eigenvalue weighted by Crippen LogP contribution is 2.56. The van der Waals surface area contributed by atoms with Gasteiger partial charge in [-0.1, -0.05) is 43.7 Å². The van der Waals surface area contributed by atoms with Crippen LogP contribution in [0.15, 0.2) is 28.6 Å². The van der Waals surface area contributed by atoms with Gasteiger partial charge in [-0.2, -0.15) is 0 Å². The summed E-state index contributed by atoms with van der Waals surface area (Å²) in [5, 5.41) is 0. The Morgan fingerprint density at radius 3 is 1.97 bits per heavy atom. The maximum atomic E-state index is 6.50. The van der Waals surface area contributed by atoms with E-state index in [4.69, 9.17) is 13.3 Å². The van der Waals surface area contributed by atoms with Crippen LogP contribution in [0.3, 0.4) is 0 Å². The van der Waals surface area contributed by atoms with Gasteiger partial charge in [0.2, 0.25) is 0 Å². The van der Waals surface area contributed by atoms with Gasteiger partial charge < -0.3 is 13.3 Å². The highest BCUT2D eigenvalue weighted by atomic mass is 33.9. The lowest BCUT2D eigenvalue weighted by Crippen LogP contribution is -2.51. The van der Waals surface area contributed by atoms with Gasteiger partial charge in [0.15, 0.2) is 4.34 Å². The molecule has 0 aliphatic heterocycles. The van der Waals surface area contributed by atoms with Crippen LogP contribution in [0.2, 0.25) is 6.04 Å². The molecule has 194 valence electrons. The van der Waals surface area contributed by atoms with Crippen molar-refractivity contribution in [3.05, 3.63) is 24.3 Å². The Morgan fingerprint density at radius 1 is 0.824 bits per heavy atom. The van der Waals surface area contributed by atoms with Gasteiger partial charge in [0, 0.05) is 30.1 Å². The molecule has 0 N–H and O–H groups in total. The maximum absolute atomic E-state index is 6.50. The van der Waals surface area contributed by atoms with Crippen LogP contribution in [0.1, 0.15) is 60.8 Å². The summed E-state index contributed by atoms with van der Waals surface area (Å²) in [6.45, 7) is 12.8. The van der Waals surface area contributed by atoms with E-state index in [1.54, 1.807) is 61.4 Å². The predicted octanol–water partition coefficient (Wildman–Crippen LogP) is 10.7. The van der Waals surface area contributed by atoms with E-state index in [-0.39, 0.29) is 18.3 Å². The number of para-hydroxylation sites is 1. The first-order valence-corrected chi connectivity index (χ1v) is 23.2. The monoisotopic (exact) mass is 633 g/mol. The zero-order valence-corrected chi connectivity index (χ0v) is 28.0. The van der Waals surface area contributed by atoms with Crippen molar-refractivity contribution in [3.63, 3.8) is 0 Å². The third kappa shape index (κ3) is 12.0. The van der Waals surface area contributed by atoms with Crippen molar-refractivity contribution in [2.45, 2.75) is 89.5 Å². The van der Waals surface area contributed by atoms with Crippen LogP contribution in [-0.2, 0) is 13.3 Å². The van der Waals surface area contributed by atoms with Crippen molar-refractivity contribution >= 4 is 101 Å². The van der Waals surface area contributed by atoms with Gasteiger partial charge in [-0.3, -0.25) is 0 Å². The fourth-order valence-corrected chi connectivity index (χ4v) is 22.5. The molecule has 0 spiro atoms. The van der Waals surface area contributed by atoms with Gasteiger partial charge in [0.25, 0.3) is 0 Å². The topological polar surface area (TPSA) is 40.6 Å². The number of fused-ring (bicyclic) bond motifs is 1. The lowest BCUT2D eigenvalue weighted by molar-refractivity contribution is -0.00961. The first kappa shape index (κ1) is 31.9. The molecule has 4 nitrogen and oxygen atoms in total. The SMILES string of the molecule is CCC(C)O[Si](CCSSSSSSSc1nc2ccccc2s1)(OC(C)CC)OC(C)CC. The number of nitrogens with zero attached hydrogens (tertiary/aromatic N) is 1. The summed E-state index contributed by atoms with van der Waals surface area (Å²) in [6.07, 6.45) is 3.30. The van der Waals surface area contributed by atoms with Gasteiger partial charge >= 0.3 is 8.80 Å². The van der Waals surface area contributed by atoms with Crippen LogP contribution in [0.5, 0.6) is 0 Å². The van der Waals surface area contributed by atoms with E-state index >= 15 is 0 Å². The van der Waals surface area contributed by atoms with Gasteiger partial charge in [0.1, 0.15) is 0 Å². The van der Waals surface area contributed by atoms with Crippen LogP contribution in [-0.4, -0.2) is 37.9 Å². The molecular formula is C21H35NO3S8Si. The van der Waals surface area contributed by atoms with Gasteiger partial charge in [0.05, 0.1) is 10.2 Å². The van der Waals surface area contributed by atoms with Crippen LogP contribution in [0.4, 0.5) is 0 Å². The fraction of sp³-hybridized carbons (Fsp3) is 0.667. The Bertz CT molecular complexity index is 753. The predicted molar refractivity (Wildman–Crippen MR) is 169 cm³/mol. The number of thiazole rings is 1. The zero-order chi connectivity index (χ0) is 24.8. The molecule has 3 unspecified atom stereocenters. The summed E-state index contributed by atoms with van der Waals surface area (Å²) in [7, 11) is 9.79. The zero-order valence-electron chi connectivity index (χ0n) is 20.5. The molecule has 1 aromatic heterocycles. The first-order chi connectivity index (χ1) is 16.4. The molecule has 1 aromatic carbocycles. The van der Waals surface area contributed by atoms with Crippen molar-refractivity contribution in [2.75, 3.05) is 5.75 Å². The maximum Gasteiger partial charge on any atom is 0.502 e. The summed E-state index contributed by atoms with van der Waals surface area (Å²) in [4.78, 5) is 4.66. The molecule has 34 heavy (non-hydrogen) atoms. The molecule has 1 heterocycles. The summed E-state index contributed by atoms with van der Waals surface area (Å²) in [6, 6.07) is 9.13. The van der Waals surface area contributed by atoms with E-state index in [2.05, 4.69) is 64.7 Å². The summed E-state index contributed by atoms with van der Waals surface area (Å²) < 4.78 is 21.9. The normalized spacial score (nSPS) is 16.4. The first-order valence-electron chi connectivity index (χ1n) is 11.4. The molecule has 2 aromatic rings. The molecule has 0 aliphatic rings. The molecule has 0 amide bonds. The number of aromatic nitrogens is 1. The van der Waals surface area contributed by atoms with Crippen LogP contribution < -0.4 is 0 Å². The quantitative estimate of drug-likeness (QED) is 0.0842. The molecule has 2 rings (SSSR count). The number of hydrogen-bond acceptors (Lipinski definition) is 12. The van der Waals surface area contributed by atoms with E-state index in [0.29, 0.717) is 0 Å². The van der Waals surface area contributed by atoms with E-state index in [9.17, 15) is 0 Å². The highest BCUT2D eigenvalue weighted by molar-refractivity contribution is 9.46. The Balaban J connectivity index is 1.71. The van der Waals surface area contributed by atoms with Crippen LogP contribution in [0, 0.1) is 0 Å². The van der Waals surface area contributed by atoms with Crippen molar-refractivity contribution in [3.8, 4) is 0 Å². The van der Waals surface area contributed by atoms with Gasteiger partial charge in [-0.05, 0) is 112 Å². The Labute approximate surface area is 236 Å². The van der Waals surface area contributed by atoms with Crippen molar-refractivity contribution in [1.29, 1.82) is 0 Å². The minimum Gasteiger partial charge on any atom is -0.371 e. The van der Waals surface area contributed by atoms with Crippen LogP contribution >= 0.6 is 82.1 Å².